The monoisotopic (exact) mass is 488 g/mol. The molecule has 2 aromatic rings. The van der Waals surface area contributed by atoms with Crippen LogP contribution >= 0.6 is 0 Å². The molecule has 0 spiro atoms. The minimum absolute atomic E-state index is 0.124. The van der Waals surface area contributed by atoms with Crippen LogP contribution < -0.4 is 5.32 Å². The molecule has 1 unspecified atom stereocenters. The van der Waals surface area contributed by atoms with E-state index in [-0.39, 0.29) is 24.9 Å². The maximum atomic E-state index is 14.2. The molecular weight excluding hydrogens is 459 g/mol. The minimum Gasteiger partial charge on any atom is -0.339 e. The lowest BCUT2D eigenvalue weighted by molar-refractivity contribution is -0.136. The second kappa shape index (κ2) is 10.2. The molecule has 0 aromatic heterocycles. The number of piperazine rings is 1. The third-order valence-electron chi connectivity index (χ3n) is 6.30. The van der Waals surface area contributed by atoms with Crippen molar-refractivity contribution in [2.75, 3.05) is 44.6 Å². The lowest BCUT2D eigenvalue weighted by Gasteiger charge is -2.36. The van der Waals surface area contributed by atoms with E-state index in [0.717, 1.165) is 21.6 Å². The Morgan fingerprint density at radius 2 is 1.68 bits per heavy atom. The Hall–Kier alpha value is -2.82. The highest BCUT2D eigenvalue weighted by molar-refractivity contribution is 7.89. The molecule has 10 heteroatoms. The van der Waals surface area contributed by atoms with Crippen LogP contribution in [-0.4, -0.2) is 79.6 Å². The van der Waals surface area contributed by atoms with Gasteiger partial charge in [-0.15, -0.1) is 0 Å². The maximum absolute atomic E-state index is 14.2. The van der Waals surface area contributed by atoms with Crippen LogP contribution in [0.2, 0.25) is 0 Å². The van der Waals surface area contributed by atoms with Gasteiger partial charge in [0.2, 0.25) is 21.8 Å². The molecule has 34 heavy (non-hydrogen) atoms. The number of carbonyl (C=O) groups is 2. The van der Waals surface area contributed by atoms with Crippen LogP contribution in [0.5, 0.6) is 0 Å². The third kappa shape index (κ3) is 5.29. The molecule has 2 heterocycles. The first-order valence-electron chi connectivity index (χ1n) is 11.4. The summed E-state index contributed by atoms with van der Waals surface area (Å²) < 4.78 is 41.4. The molecule has 2 fully saturated rings. The minimum atomic E-state index is -4.11. The van der Waals surface area contributed by atoms with Gasteiger partial charge in [-0.1, -0.05) is 29.8 Å². The lowest BCUT2D eigenvalue weighted by atomic mass is 10.2. The second-order valence-corrected chi connectivity index (χ2v) is 10.6. The van der Waals surface area contributed by atoms with Crippen molar-refractivity contribution in [1.29, 1.82) is 0 Å². The van der Waals surface area contributed by atoms with Gasteiger partial charge in [0.05, 0.1) is 6.54 Å². The maximum Gasteiger partial charge on any atom is 0.246 e. The van der Waals surface area contributed by atoms with Crippen LogP contribution in [0.1, 0.15) is 18.4 Å². The number of hydrogen-bond acceptors (Lipinski definition) is 5. The van der Waals surface area contributed by atoms with Crippen LogP contribution in [0.15, 0.2) is 53.4 Å². The summed E-state index contributed by atoms with van der Waals surface area (Å²) in [5.41, 5.74) is 1.85. The Morgan fingerprint density at radius 3 is 2.35 bits per heavy atom. The summed E-state index contributed by atoms with van der Waals surface area (Å²) >= 11 is 0. The van der Waals surface area contributed by atoms with Gasteiger partial charge in [-0.05, 0) is 44.0 Å². The van der Waals surface area contributed by atoms with E-state index in [1.54, 1.807) is 4.90 Å². The fourth-order valence-electron chi connectivity index (χ4n) is 4.43. The van der Waals surface area contributed by atoms with E-state index in [0.29, 0.717) is 39.0 Å². The molecule has 8 nitrogen and oxygen atoms in total. The standard InChI is InChI=1S/C24H29FN4O4S/c1-18-8-10-19(11-9-18)26-23(30)17-27-13-15-28(16-14-27)24(31)21-6-4-12-29(21)34(32,33)22-7-3-2-5-20(22)25/h2-3,5,7-11,21H,4,6,12-17H2,1H3,(H,26,30). The van der Waals surface area contributed by atoms with Crippen molar-refractivity contribution in [2.45, 2.75) is 30.7 Å². The fraction of sp³-hybridized carbons (Fsp3) is 0.417. The number of nitrogens with zero attached hydrogens (tertiary/aromatic N) is 3. The van der Waals surface area contributed by atoms with Crippen molar-refractivity contribution < 1.29 is 22.4 Å². The quantitative estimate of drug-likeness (QED) is 0.673. The van der Waals surface area contributed by atoms with Gasteiger partial charge in [-0.3, -0.25) is 14.5 Å². The van der Waals surface area contributed by atoms with Crippen LogP contribution in [0, 0.1) is 12.7 Å². The first-order chi connectivity index (χ1) is 16.3. The number of rotatable bonds is 6. The number of nitrogens with one attached hydrogen (secondary N) is 1. The molecule has 0 radical (unpaired) electrons. The number of sulfonamides is 1. The molecule has 0 bridgehead atoms. The van der Waals surface area contributed by atoms with E-state index < -0.39 is 26.8 Å². The highest BCUT2D eigenvalue weighted by Gasteiger charge is 2.42. The largest absolute Gasteiger partial charge is 0.339 e. The predicted molar refractivity (Wildman–Crippen MR) is 126 cm³/mol. The highest BCUT2D eigenvalue weighted by atomic mass is 32.2. The van der Waals surface area contributed by atoms with Gasteiger partial charge in [-0.2, -0.15) is 4.31 Å². The Labute approximate surface area is 199 Å². The molecule has 2 aromatic carbocycles. The SMILES string of the molecule is Cc1ccc(NC(=O)CN2CCN(C(=O)C3CCCN3S(=O)(=O)c3ccccc3F)CC2)cc1. The topological polar surface area (TPSA) is 90.0 Å². The molecule has 4 rings (SSSR count). The molecule has 2 aliphatic heterocycles. The predicted octanol–water partition coefficient (Wildman–Crippen LogP) is 2.07. The van der Waals surface area contributed by atoms with E-state index in [1.165, 1.54) is 18.2 Å². The Balaban J connectivity index is 1.33. The summed E-state index contributed by atoms with van der Waals surface area (Å²) in [5, 5.41) is 2.87. The van der Waals surface area contributed by atoms with E-state index in [2.05, 4.69) is 5.32 Å². The smallest absolute Gasteiger partial charge is 0.246 e. The Kier molecular flexibility index (Phi) is 7.30. The van der Waals surface area contributed by atoms with E-state index in [4.69, 9.17) is 0 Å². The Bertz CT molecular complexity index is 1150. The van der Waals surface area contributed by atoms with Crippen molar-refractivity contribution in [3.05, 3.63) is 59.9 Å². The van der Waals surface area contributed by atoms with Crippen molar-refractivity contribution in [1.82, 2.24) is 14.1 Å². The molecule has 2 saturated heterocycles. The van der Waals surface area contributed by atoms with E-state index in [9.17, 15) is 22.4 Å². The van der Waals surface area contributed by atoms with Crippen LogP contribution in [0.3, 0.4) is 0 Å². The van der Waals surface area contributed by atoms with Crippen molar-refractivity contribution in [2.24, 2.45) is 0 Å². The summed E-state index contributed by atoms with van der Waals surface area (Å²) in [5.74, 6) is -1.21. The number of aryl methyl sites for hydroxylation is 1. The molecule has 182 valence electrons. The number of benzene rings is 2. The molecule has 0 saturated carbocycles. The van der Waals surface area contributed by atoms with Crippen LogP contribution in [0.25, 0.3) is 0 Å². The second-order valence-electron chi connectivity index (χ2n) is 8.72. The number of halogens is 1. The van der Waals surface area contributed by atoms with Crippen molar-refractivity contribution >= 4 is 27.5 Å². The van der Waals surface area contributed by atoms with Crippen molar-refractivity contribution in [3.63, 3.8) is 0 Å². The summed E-state index contributed by atoms with van der Waals surface area (Å²) in [4.78, 5) is 28.8. The van der Waals surface area contributed by atoms with Crippen LogP contribution in [-0.2, 0) is 19.6 Å². The van der Waals surface area contributed by atoms with E-state index >= 15 is 0 Å². The summed E-state index contributed by atoms with van der Waals surface area (Å²) in [6, 6.07) is 12.0. The molecule has 2 aliphatic rings. The zero-order chi connectivity index (χ0) is 24.3. The summed E-state index contributed by atoms with van der Waals surface area (Å²) in [7, 11) is -4.11. The van der Waals surface area contributed by atoms with Gasteiger partial charge in [0, 0.05) is 38.4 Å². The number of amides is 2. The Morgan fingerprint density at radius 1 is 1.00 bits per heavy atom. The number of anilines is 1. The molecule has 1 atom stereocenters. The van der Waals surface area contributed by atoms with Gasteiger partial charge in [0.25, 0.3) is 0 Å². The molecule has 1 N–H and O–H groups in total. The van der Waals surface area contributed by atoms with Gasteiger partial charge in [0.1, 0.15) is 16.8 Å². The molecular formula is C24H29FN4O4S. The van der Waals surface area contributed by atoms with E-state index in [1.807, 2.05) is 36.1 Å². The first-order valence-corrected chi connectivity index (χ1v) is 12.8. The number of hydrogen-bond donors (Lipinski definition) is 1. The van der Waals surface area contributed by atoms with Gasteiger partial charge in [-0.25, -0.2) is 12.8 Å². The number of carbonyl (C=O) groups excluding carboxylic acids is 2. The average Bonchev–Trinajstić information content (AvgIpc) is 3.32. The van der Waals surface area contributed by atoms with Crippen molar-refractivity contribution in [3.8, 4) is 0 Å². The molecule has 2 amide bonds. The zero-order valence-corrected chi connectivity index (χ0v) is 19.9. The molecule has 0 aliphatic carbocycles. The zero-order valence-electron chi connectivity index (χ0n) is 19.1. The highest BCUT2D eigenvalue weighted by Crippen LogP contribution is 2.28. The lowest BCUT2D eigenvalue weighted by Crippen LogP contribution is -2.55. The third-order valence-corrected chi connectivity index (χ3v) is 8.24. The summed E-state index contributed by atoms with van der Waals surface area (Å²) in [6.45, 7) is 4.22. The average molecular weight is 489 g/mol. The van der Waals surface area contributed by atoms with Gasteiger partial charge >= 0.3 is 0 Å². The first kappa shape index (κ1) is 24.3. The van der Waals surface area contributed by atoms with Gasteiger partial charge < -0.3 is 10.2 Å². The fourth-order valence-corrected chi connectivity index (χ4v) is 6.15. The van der Waals surface area contributed by atoms with Gasteiger partial charge in [0.15, 0.2) is 0 Å². The summed E-state index contributed by atoms with van der Waals surface area (Å²) in [6.07, 6.45) is 0.953. The van der Waals surface area contributed by atoms with Crippen LogP contribution in [0.4, 0.5) is 10.1 Å². The normalized spacial score (nSPS) is 19.8.